The largest absolute Gasteiger partial charge is 0.339 e. The molecule has 0 bridgehead atoms. The van der Waals surface area contributed by atoms with E-state index in [1.807, 2.05) is 5.32 Å². The molecule has 1 atom stereocenters. The molecule has 1 aliphatic heterocycles. The Hall–Kier alpha value is -2.45. The van der Waals surface area contributed by atoms with Crippen LogP contribution in [-0.4, -0.2) is 24.7 Å². The summed E-state index contributed by atoms with van der Waals surface area (Å²) in [5.41, 5.74) is -1.68. The Morgan fingerprint density at radius 3 is 2.16 bits per heavy atom. The summed E-state index contributed by atoms with van der Waals surface area (Å²) in [4.78, 5) is 24.4. The minimum atomic E-state index is -4.36. The molecule has 0 aliphatic carbocycles. The van der Waals surface area contributed by atoms with Gasteiger partial charge in [0.05, 0.1) is 4.90 Å². The second-order valence-corrected chi connectivity index (χ2v) is 7.78. The van der Waals surface area contributed by atoms with E-state index in [1.165, 1.54) is 43.3 Å². The number of halogens is 2. The fraction of sp³-hybridized carbons (Fsp3) is 0.125. The maximum atomic E-state index is 13.2. The van der Waals surface area contributed by atoms with Crippen molar-refractivity contribution in [1.29, 1.82) is 0 Å². The molecule has 1 saturated heterocycles. The van der Waals surface area contributed by atoms with E-state index in [2.05, 4.69) is 0 Å². The third-order valence-electron chi connectivity index (χ3n) is 4.01. The first-order valence-electron chi connectivity index (χ1n) is 7.10. The number of carbonyl (C=O) groups excluding carboxylic acids is 2. The highest BCUT2D eigenvalue weighted by Crippen LogP contribution is 2.37. The standard InChI is InChI=1S/C16H12ClFN2O4S/c1-16(10-2-6-12(18)7-3-10)14(21)19-15(22)20(16)25(23,24)13-8-4-11(17)5-9-13/h2-9H,1H3,(H,19,21,22). The molecular weight excluding hydrogens is 371 g/mol. The highest BCUT2D eigenvalue weighted by Gasteiger charge is 2.56. The Balaban J connectivity index is 2.18. The molecule has 1 unspecified atom stereocenters. The zero-order chi connectivity index (χ0) is 18.4. The van der Waals surface area contributed by atoms with E-state index in [0.29, 0.717) is 9.33 Å². The number of hydrogen-bond donors (Lipinski definition) is 1. The minimum Gasteiger partial charge on any atom is -0.275 e. The number of sulfonamides is 1. The van der Waals surface area contributed by atoms with Crippen molar-refractivity contribution < 1.29 is 22.4 Å². The van der Waals surface area contributed by atoms with Crippen molar-refractivity contribution in [3.8, 4) is 0 Å². The van der Waals surface area contributed by atoms with Crippen LogP contribution in [0.25, 0.3) is 0 Å². The van der Waals surface area contributed by atoms with E-state index in [0.717, 1.165) is 12.1 Å². The number of benzene rings is 2. The summed E-state index contributed by atoms with van der Waals surface area (Å²) in [5.74, 6) is -1.37. The molecule has 0 aromatic heterocycles. The lowest BCUT2D eigenvalue weighted by atomic mass is 9.92. The summed E-state index contributed by atoms with van der Waals surface area (Å²) in [7, 11) is -4.36. The van der Waals surface area contributed by atoms with Crippen LogP contribution in [0.1, 0.15) is 12.5 Å². The molecule has 0 spiro atoms. The molecule has 1 fully saturated rings. The molecule has 2 aromatic rings. The Labute approximate surface area is 148 Å². The first kappa shape index (κ1) is 17.4. The second-order valence-electron chi connectivity index (χ2n) is 5.56. The van der Waals surface area contributed by atoms with Gasteiger partial charge in [0.15, 0.2) is 5.54 Å². The van der Waals surface area contributed by atoms with E-state index in [-0.39, 0.29) is 10.5 Å². The normalized spacial score (nSPS) is 20.7. The number of rotatable bonds is 3. The van der Waals surface area contributed by atoms with Crippen molar-refractivity contribution in [3.63, 3.8) is 0 Å². The lowest BCUT2D eigenvalue weighted by Crippen LogP contribution is -2.47. The molecule has 3 rings (SSSR count). The molecule has 9 heteroatoms. The summed E-state index contributed by atoms with van der Waals surface area (Å²) in [6.45, 7) is 1.29. The van der Waals surface area contributed by atoms with E-state index >= 15 is 0 Å². The van der Waals surface area contributed by atoms with E-state index in [4.69, 9.17) is 11.6 Å². The van der Waals surface area contributed by atoms with Crippen molar-refractivity contribution in [2.24, 2.45) is 0 Å². The lowest BCUT2D eigenvalue weighted by Gasteiger charge is -2.31. The molecule has 0 saturated carbocycles. The van der Waals surface area contributed by atoms with Crippen LogP contribution in [-0.2, 0) is 20.4 Å². The van der Waals surface area contributed by atoms with Crippen LogP contribution < -0.4 is 5.32 Å². The van der Waals surface area contributed by atoms with Crippen LogP contribution in [0.2, 0.25) is 5.02 Å². The fourth-order valence-corrected chi connectivity index (χ4v) is 4.40. The lowest BCUT2D eigenvalue weighted by molar-refractivity contribution is -0.125. The highest BCUT2D eigenvalue weighted by molar-refractivity contribution is 7.89. The van der Waals surface area contributed by atoms with Crippen LogP contribution in [0.15, 0.2) is 53.4 Å². The molecule has 1 N–H and O–H groups in total. The monoisotopic (exact) mass is 382 g/mol. The van der Waals surface area contributed by atoms with Gasteiger partial charge in [-0.15, -0.1) is 0 Å². The number of nitrogens with one attached hydrogen (secondary N) is 1. The van der Waals surface area contributed by atoms with Crippen molar-refractivity contribution in [2.75, 3.05) is 0 Å². The minimum absolute atomic E-state index is 0.162. The first-order valence-corrected chi connectivity index (χ1v) is 8.91. The van der Waals surface area contributed by atoms with Crippen LogP contribution >= 0.6 is 11.6 Å². The van der Waals surface area contributed by atoms with Crippen LogP contribution in [0.4, 0.5) is 9.18 Å². The van der Waals surface area contributed by atoms with Gasteiger partial charge in [-0.3, -0.25) is 10.1 Å². The smallest absolute Gasteiger partial charge is 0.275 e. The molecule has 0 radical (unpaired) electrons. The van der Waals surface area contributed by atoms with Gasteiger partial charge in [-0.25, -0.2) is 17.6 Å². The molecule has 1 heterocycles. The third kappa shape index (κ3) is 2.67. The Bertz CT molecular complexity index is 961. The van der Waals surface area contributed by atoms with Gasteiger partial charge < -0.3 is 0 Å². The Morgan fingerprint density at radius 2 is 1.60 bits per heavy atom. The topological polar surface area (TPSA) is 83.6 Å². The van der Waals surface area contributed by atoms with Gasteiger partial charge in [-0.05, 0) is 48.9 Å². The number of amides is 3. The van der Waals surface area contributed by atoms with Crippen LogP contribution in [0.5, 0.6) is 0 Å². The zero-order valence-electron chi connectivity index (χ0n) is 12.9. The zero-order valence-corrected chi connectivity index (χ0v) is 14.4. The number of imide groups is 1. The quantitative estimate of drug-likeness (QED) is 0.827. The van der Waals surface area contributed by atoms with Crippen LogP contribution in [0, 0.1) is 5.82 Å². The molecule has 2 aromatic carbocycles. The number of hydrogen-bond acceptors (Lipinski definition) is 4. The van der Waals surface area contributed by atoms with Crippen LogP contribution in [0.3, 0.4) is 0 Å². The van der Waals surface area contributed by atoms with E-state index < -0.39 is 33.3 Å². The summed E-state index contributed by atoms with van der Waals surface area (Å²) in [6, 6.07) is 8.81. The van der Waals surface area contributed by atoms with Crippen molar-refractivity contribution >= 4 is 33.6 Å². The summed E-state index contributed by atoms with van der Waals surface area (Å²) in [6.07, 6.45) is 0. The SMILES string of the molecule is CC1(c2ccc(F)cc2)C(=O)NC(=O)N1S(=O)(=O)c1ccc(Cl)cc1. The molecule has 1 aliphatic rings. The van der Waals surface area contributed by atoms with Gasteiger partial charge in [0.25, 0.3) is 15.9 Å². The predicted octanol–water partition coefficient (Wildman–Crippen LogP) is 2.64. The van der Waals surface area contributed by atoms with Crippen molar-refractivity contribution in [3.05, 3.63) is 64.9 Å². The molecule has 25 heavy (non-hydrogen) atoms. The molecule has 6 nitrogen and oxygen atoms in total. The summed E-state index contributed by atoms with van der Waals surface area (Å²) < 4.78 is 39.6. The van der Waals surface area contributed by atoms with Gasteiger partial charge in [0, 0.05) is 5.02 Å². The average Bonchev–Trinajstić information content (AvgIpc) is 2.79. The molecular formula is C16H12ClFN2O4S. The molecule has 130 valence electrons. The van der Waals surface area contributed by atoms with Crippen molar-refractivity contribution in [2.45, 2.75) is 17.4 Å². The first-order chi connectivity index (χ1) is 11.7. The molecule has 3 amide bonds. The van der Waals surface area contributed by atoms with Gasteiger partial charge in [0.2, 0.25) is 0 Å². The van der Waals surface area contributed by atoms with Crippen molar-refractivity contribution in [1.82, 2.24) is 9.62 Å². The maximum Gasteiger partial charge on any atom is 0.339 e. The number of urea groups is 1. The fourth-order valence-electron chi connectivity index (χ4n) is 2.65. The number of carbonyl (C=O) groups is 2. The highest BCUT2D eigenvalue weighted by atomic mass is 35.5. The second kappa shape index (κ2) is 5.82. The van der Waals surface area contributed by atoms with Gasteiger partial charge in [-0.2, -0.15) is 4.31 Å². The average molecular weight is 383 g/mol. The summed E-state index contributed by atoms with van der Waals surface area (Å²) >= 11 is 5.76. The van der Waals surface area contributed by atoms with Gasteiger partial charge in [-0.1, -0.05) is 23.7 Å². The van der Waals surface area contributed by atoms with E-state index in [1.54, 1.807) is 0 Å². The van der Waals surface area contributed by atoms with E-state index in [9.17, 15) is 22.4 Å². The Kier molecular flexibility index (Phi) is 4.04. The number of nitrogens with zero attached hydrogens (tertiary/aromatic N) is 1. The maximum absolute atomic E-state index is 13.2. The Morgan fingerprint density at radius 1 is 1.04 bits per heavy atom. The third-order valence-corrected chi connectivity index (χ3v) is 6.14. The predicted molar refractivity (Wildman–Crippen MR) is 87.8 cm³/mol. The summed E-state index contributed by atoms with van der Waals surface area (Å²) in [5, 5.41) is 2.33. The van der Waals surface area contributed by atoms with Gasteiger partial charge in [0.1, 0.15) is 5.82 Å². The van der Waals surface area contributed by atoms with Gasteiger partial charge >= 0.3 is 6.03 Å².